The fraction of sp³-hybridized carbons (Fsp3) is 0.188. The Morgan fingerprint density at radius 1 is 1.00 bits per heavy atom. The molecule has 7 heteroatoms. The maximum Gasteiger partial charge on any atom is 0.332 e. The largest absolute Gasteiger partial charge is 0.479 e. The lowest BCUT2D eigenvalue weighted by Crippen LogP contribution is -2.30. The summed E-state index contributed by atoms with van der Waals surface area (Å²) < 4.78 is 26.5. The zero-order chi connectivity index (χ0) is 16.9. The summed E-state index contributed by atoms with van der Waals surface area (Å²) in [5.74, 6) is -1.38. The highest BCUT2D eigenvalue weighted by Gasteiger charge is 2.17. The van der Waals surface area contributed by atoms with E-state index in [2.05, 4.69) is 4.72 Å². The second kappa shape index (κ2) is 7.36. The van der Waals surface area contributed by atoms with Gasteiger partial charge in [-0.15, -0.1) is 0 Å². The molecule has 2 aromatic rings. The van der Waals surface area contributed by atoms with Gasteiger partial charge in [0.1, 0.15) is 0 Å². The van der Waals surface area contributed by atoms with Crippen molar-refractivity contribution >= 4 is 16.0 Å². The monoisotopic (exact) mass is 335 g/mol. The van der Waals surface area contributed by atoms with Crippen LogP contribution in [-0.4, -0.2) is 37.2 Å². The number of aliphatic hydroxyl groups is 1. The smallest absolute Gasteiger partial charge is 0.332 e. The third kappa shape index (κ3) is 4.62. The highest BCUT2D eigenvalue weighted by atomic mass is 32.2. The van der Waals surface area contributed by atoms with Crippen LogP contribution in [0.25, 0.3) is 11.1 Å². The quantitative estimate of drug-likeness (QED) is 0.711. The van der Waals surface area contributed by atoms with Crippen molar-refractivity contribution in [3.8, 4) is 11.1 Å². The zero-order valence-corrected chi connectivity index (χ0v) is 13.0. The van der Waals surface area contributed by atoms with Gasteiger partial charge < -0.3 is 10.2 Å². The lowest BCUT2D eigenvalue weighted by Gasteiger charge is -2.09. The lowest BCUT2D eigenvalue weighted by molar-refractivity contribution is -0.146. The van der Waals surface area contributed by atoms with Crippen LogP contribution in [-0.2, 0) is 14.8 Å². The second-order valence-electron chi connectivity index (χ2n) is 4.93. The van der Waals surface area contributed by atoms with Gasteiger partial charge in [0, 0.05) is 6.54 Å². The van der Waals surface area contributed by atoms with Crippen LogP contribution >= 0.6 is 0 Å². The number of aliphatic hydroxyl groups excluding tert-OH is 1. The van der Waals surface area contributed by atoms with Gasteiger partial charge in [0.05, 0.1) is 4.90 Å². The maximum atomic E-state index is 12.1. The molecule has 6 nitrogen and oxygen atoms in total. The van der Waals surface area contributed by atoms with Crippen LogP contribution in [0.5, 0.6) is 0 Å². The number of carboxylic acids is 1. The molecule has 0 bridgehead atoms. The number of benzene rings is 2. The number of sulfonamides is 1. The highest BCUT2D eigenvalue weighted by molar-refractivity contribution is 7.89. The molecule has 0 aliphatic carbocycles. The Balaban J connectivity index is 2.04. The van der Waals surface area contributed by atoms with E-state index in [1.807, 2.05) is 30.3 Å². The molecule has 0 saturated heterocycles. The molecule has 0 amide bonds. The van der Waals surface area contributed by atoms with Crippen LogP contribution in [0.15, 0.2) is 59.5 Å². The molecule has 1 unspecified atom stereocenters. The van der Waals surface area contributed by atoms with E-state index in [0.717, 1.165) is 11.1 Å². The van der Waals surface area contributed by atoms with Gasteiger partial charge in [-0.3, -0.25) is 0 Å². The third-order valence-corrected chi connectivity index (χ3v) is 4.74. The Morgan fingerprint density at radius 2 is 1.57 bits per heavy atom. The topological polar surface area (TPSA) is 104 Å². The summed E-state index contributed by atoms with van der Waals surface area (Å²) >= 11 is 0. The van der Waals surface area contributed by atoms with E-state index in [0.29, 0.717) is 0 Å². The van der Waals surface area contributed by atoms with Gasteiger partial charge in [-0.25, -0.2) is 17.9 Å². The minimum absolute atomic E-state index is 0.0852. The van der Waals surface area contributed by atoms with Gasteiger partial charge >= 0.3 is 5.97 Å². The van der Waals surface area contributed by atoms with E-state index < -0.39 is 22.1 Å². The van der Waals surface area contributed by atoms with E-state index in [4.69, 9.17) is 10.2 Å². The first-order chi connectivity index (χ1) is 10.9. The van der Waals surface area contributed by atoms with Crippen molar-refractivity contribution in [1.29, 1.82) is 0 Å². The van der Waals surface area contributed by atoms with Gasteiger partial charge in [-0.05, 0) is 29.7 Å². The van der Waals surface area contributed by atoms with E-state index in [-0.39, 0.29) is 17.9 Å². The first-order valence-electron chi connectivity index (χ1n) is 6.96. The molecule has 0 fully saturated rings. The van der Waals surface area contributed by atoms with Crippen LogP contribution < -0.4 is 4.72 Å². The molecule has 3 N–H and O–H groups in total. The average molecular weight is 335 g/mol. The predicted molar refractivity (Wildman–Crippen MR) is 85.3 cm³/mol. The van der Waals surface area contributed by atoms with Gasteiger partial charge in [0.2, 0.25) is 10.0 Å². The predicted octanol–water partition coefficient (Wildman–Crippen LogP) is 1.47. The molecule has 122 valence electrons. The molecule has 0 aliphatic rings. The summed E-state index contributed by atoms with van der Waals surface area (Å²) in [6.07, 6.45) is -1.78. The number of hydrogen-bond donors (Lipinski definition) is 3. The minimum Gasteiger partial charge on any atom is -0.479 e. The fourth-order valence-corrected chi connectivity index (χ4v) is 3.04. The lowest BCUT2D eigenvalue weighted by atomic mass is 10.1. The van der Waals surface area contributed by atoms with Gasteiger partial charge in [0.15, 0.2) is 6.10 Å². The van der Waals surface area contributed by atoms with E-state index >= 15 is 0 Å². The summed E-state index contributed by atoms with van der Waals surface area (Å²) in [7, 11) is -3.73. The number of nitrogens with one attached hydrogen (secondary N) is 1. The van der Waals surface area contributed by atoms with Crippen LogP contribution in [0.4, 0.5) is 0 Å². The average Bonchev–Trinajstić information content (AvgIpc) is 2.55. The zero-order valence-electron chi connectivity index (χ0n) is 12.2. The van der Waals surface area contributed by atoms with Gasteiger partial charge in [-0.2, -0.15) is 0 Å². The number of aliphatic carboxylic acids is 1. The molecule has 0 radical (unpaired) electrons. The molecule has 0 saturated carbocycles. The second-order valence-corrected chi connectivity index (χ2v) is 6.70. The van der Waals surface area contributed by atoms with Gasteiger partial charge in [-0.1, -0.05) is 42.5 Å². The van der Waals surface area contributed by atoms with Crippen molar-refractivity contribution in [3.63, 3.8) is 0 Å². The Morgan fingerprint density at radius 3 is 2.13 bits per heavy atom. The van der Waals surface area contributed by atoms with Crippen molar-refractivity contribution in [1.82, 2.24) is 4.72 Å². The molecule has 2 aromatic carbocycles. The van der Waals surface area contributed by atoms with Crippen molar-refractivity contribution in [2.75, 3.05) is 6.54 Å². The summed E-state index contributed by atoms with van der Waals surface area (Å²) in [5.41, 5.74) is 1.87. The van der Waals surface area contributed by atoms with Crippen LogP contribution in [0.1, 0.15) is 6.42 Å². The molecule has 0 spiro atoms. The van der Waals surface area contributed by atoms with E-state index in [1.165, 1.54) is 12.1 Å². The summed E-state index contributed by atoms with van der Waals surface area (Å²) in [4.78, 5) is 10.6. The standard InChI is InChI=1S/C16H17NO5S/c18-15(16(19)20)10-11-17-23(21,22)14-8-6-13(7-9-14)12-4-2-1-3-5-12/h1-9,15,17-18H,10-11H2,(H,19,20). The molecule has 23 heavy (non-hydrogen) atoms. The summed E-state index contributed by atoms with van der Waals surface area (Å²) in [6, 6.07) is 15.9. The van der Waals surface area contributed by atoms with Gasteiger partial charge in [0.25, 0.3) is 0 Å². The molecular weight excluding hydrogens is 318 g/mol. The SMILES string of the molecule is O=C(O)C(O)CCNS(=O)(=O)c1ccc(-c2ccccc2)cc1. The summed E-state index contributed by atoms with van der Waals surface area (Å²) in [5, 5.41) is 17.7. The van der Waals surface area contributed by atoms with E-state index in [1.54, 1.807) is 12.1 Å². The normalized spacial score (nSPS) is 12.7. The number of rotatable bonds is 7. The maximum absolute atomic E-state index is 12.1. The molecule has 0 aromatic heterocycles. The van der Waals surface area contributed by atoms with Crippen molar-refractivity contribution in [2.45, 2.75) is 17.4 Å². The first-order valence-corrected chi connectivity index (χ1v) is 8.44. The Labute approximate surface area is 134 Å². The highest BCUT2D eigenvalue weighted by Crippen LogP contribution is 2.20. The van der Waals surface area contributed by atoms with Crippen LogP contribution in [0, 0.1) is 0 Å². The number of hydrogen-bond acceptors (Lipinski definition) is 4. The Kier molecular flexibility index (Phi) is 5.49. The Hall–Kier alpha value is -2.22. The first kappa shape index (κ1) is 17.1. The molecule has 0 heterocycles. The van der Waals surface area contributed by atoms with Crippen molar-refractivity contribution < 1.29 is 23.4 Å². The minimum atomic E-state index is -3.73. The molecule has 2 rings (SSSR count). The number of carbonyl (C=O) groups is 1. The van der Waals surface area contributed by atoms with Crippen molar-refractivity contribution in [3.05, 3.63) is 54.6 Å². The molecular formula is C16H17NO5S. The van der Waals surface area contributed by atoms with Crippen molar-refractivity contribution in [2.24, 2.45) is 0 Å². The van der Waals surface area contributed by atoms with Crippen LogP contribution in [0.2, 0.25) is 0 Å². The van der Waals surface area contributed by atoms with Crippen LogP contribution in [0.3, 0.4) is 0 Å². The Bertz CT molecular complexity index is 757. The third-order valence-electron chi connectivity index (χ3n) is 3.27. The summed E-state index contributed by atoms with van der Waals surface area (Å²) in [6.45, 7) is -0.157. The molecule has 1 atom stereocenters. The molecule has 0 aliphatic heterocycles. The fourth-order valence-electron chi connectivity index (χ4n) is 1.99. The van der Waals surface area contributed by atoms with E-state index in [9.17, 15) is 13.2 Å². The number of carboxylic acid groups (broad SMARTS) is 1.